The van der Waals surface area contributed by atoms with Gasteiger partial charge in [0.05, 0.1) is 13.2 Å². The first kappa shape index (κ1) is 24.5. The van der Waals surface area contributed by atoms with Crippen LogP contribution >= 0.6 is 11.6 Å². The van der Waals surface area contributed by atoms with Crippen molar-refractivity contribution in [1.29, 1.82) is 0 Å². The Bertz CT molecular complexity index is 559. The van der Waals surface area contributed by atoms with Gasteiger partial charge in [0.15, 0.2) is 0 Å². The summed E-state index contributed by atoms with van der Waals surface area (Å²) in [5.41, 5.74) is 1.07. The van der Waals surface area contributed by atoms with Crippen molar-refractivity contribution in [2.45, 2.75) is 84.0 Å². The highest BCUT2D eigenvalue weighted by Crippen LogP contribution is 2.12. The van der Waals surface area contributed by atoms with Crippen LogP contribution in [0, 0.1) is 0 Å². The number of benzene rings is 1. The minimum atomic E-state index is -0.132. The molecule has 0 radical (unpaired) electrons. The van der Waals surface area contributed by atoms with Gasteiger partial charge in [-0.15, -0.1) is 0 Å². The van der Waals surface area contributed by atoms with E-state index in [4.69, 9.17) is 21.1 Å². The van der Waals surface area contributed by atoms with Gasteiger partial charge in [-0.3, -0.25) is 9.59 Å². The van der Waals surface area contributed by atoms with Gasteiger partial charge in [0, 0.05) is 24.3 Å². The second kappa shape index (κ2) is 16.4. The highest BCUT2D eigenvalue weighted by molar-refractivity contribution is 6.30. The van der Waals surface area contributed by atoms with Gasteiger partial charge in [-0.25, -0.2) is 0 Å². The molecule has 5 heteroatoms. The molecular weight excluding hydrogens is 376 g/mol. The molecule has 0 saturated carbocycles. The topological polar surface area (TPSA) is 52.6 Å². The van der Waals surface area contributed by atoms with E-state index in [0.29, 0.717) is 37.5 Å². The predicted octanol–water partition coefficient (Wildman–Crippen LogP) is 6.28. The zero-order valence-corrected chi connectivity index (χ0v) is 18.0. The lowest BCUT2D eigenvalue weighted by Gasteiger charge is -2.06. The van der Waals surface area contributed by atoms with Crippen molar-refractivity contribution in [2.24, 2.45) is 0 Å². The number of halogens is 1. The molecule has 0 N–H and O–H groups in total. The smallest absolute Gasteiger partial charge is 0.305 e. The number of unbranched alkanes of at least 4 members (excludes halogenated alkanes) is 7. The monoisotopic (exact) mass is 410 g/mol. The van der Waals surface area contributed by atoms with Crippen molar-refractivity contribution in [1.82, 2.24) is 0 Å². The average Bonchev–Trinajstić information content (AvgIpc) is 2.67. The number of esters is 2. The molecule has 1 aromatic rings. The fourth-order valence-corrected chi connectivity index (χ4v) is 3.12. The molecular formula is C23H35ClO4. The van der Waals surface area contributed by atoms with Crippen LogP contribution in [0.1, 0.15) is 83.1 Å². The van der Waals surface area contributed by atoms with Crippen LogP contribution in [0.3, 0.4) is 0 Å². The molecule has 0 amide bonds. The normalized spacial score (nSPS) is 10.6. The Labute approximate surface area is 174 Å². The van der Waals surface area contributed by atoms with Crippen LogP contribution in [0.4, 0.5) is 0 Å². The maximum atomic E-state index is 11.7. The van der Waals surface area contributed by atoms with Gasteiger partial charge in [0.2, 0.25) is 0 Å². The Morgan fingerprint density at radius 3 is 2.04 bits per heavy atom. The summed E-state index contributed by atoms with van der Waals surface area (Å²) in [4.78, 5) is 23.3. The minimum absolute atomic E-state index is 0.0726. The zero-order valence-electron chi connectivity index (χ0n) is 17.2. The Kier molecular flexibility index (Phi) is 14.4. The highest BCUT2D eigenvalue weighted by Gasteiger charge is 2.04. The number of carbonyl (C=O) groups excluding carboxylic acids is 2. The molecule has 1 rings (SSSR count). The summed E-state index contributed by atoms with van der Waals surface area (Å²) in [5, 5.41) is 0.702. The Morgan fingerprint density at radius 2 is 1.43 bits per heavy atom. The molecule has 4 nitrogen and oxygen atoms in total. The number of hydrogen-bond donors (Lipinski definition) is 0. The van der Waals surface area contributed by atoms with Gasteiger partial charge in [-0.2, -0.15) is 0 Å². The molecule has 0 aromatic heterocycles. The molecule has 0 spiro atoms. The summed E-state index contributed by atoms with van der Waals surface area (Å²) in [5.74, 6) is -0.204. The van der Waals surface area contributed by atoms with Crippen molar-refractivity contribution >= 4 is 23.5 Å². The fourth-order valence-electron chi connectivity index (χ4n) is 2.90. The van der Waals surface area contributed by atoms with Crippen molar-refractivity contribution < 1.29 is 19.1 Å². The first-order valence-electron chi connectivity index (χ1n) is 10.7. The van der Waals surface area contributed by atoms with Crippen molar-refractivity contribution in [3.05, 3.63) is 34.9 Å². The van der Waals surface area contributed by atoms with Crippen LogP contribution in [0.25, 0.3) is 0 Å². The molecule has 0 aliphatic heterocycles. The second-order valence-corrected chi connectivity index (χ2v) is 7.59. The molecule has 0 fully saturated rings. The van der Waals surface area contributed by atoms with E-state index in [1.165, 1.54) is 0 Å². The van der Waals surface area contributed by atoms with Gasteiger partial charge < -0.3 is 9.47 Å². The van der Waals surface area contributed by atoms with E-state index in [9.17, 15) is 9.59 Å². The van der Waals surface area contributed by atoms with Gasteiger partial charge >= 0.3 is 11.9 Å². The summed E-state index contributed by atoms with van der Waals surface area (Å²) in [6.07, 6.45) is 10.9. The third-order valence-corrected chi connectivity index (χ3v) is 4.80. The Balaban J connectivity index is 1.88. The SMILES string of the molecule is CCCCCOC(=O)CCCCCCCCC(=O)OCCc1cccc(Cl)c1. The van der Waals surface area contributed by atoms with E-state index in [0.717, 1.165) is 63.4 Å². The molecule has 0 bridgehead atoms. The Morgan fingerprint density at radius 1 is 0.821 bits per heavy atom. The van der Waals surface area contributed by atoms with Crippen LogP contribution in [0.5, 0.6) is 0 Å². The molecule has 0 heterocycles. The first-order chi connectivity index (χ1) is 13.6. The lowest BCUT2D eigenvalue weighted by molar-refractivity contribution is -0.144. The third-order valence-electron chi connectivity index (χ3n) is 4.57. The zero-order chi connectivity index (χ0) is 20.5. The summed E-state index contributed by atoms with van der Waals surface area (Å²) < 4.78 is 10.5. The average molecular weight is 411 g/mol. The lowest BCUT2D eigenvalue weighted by Crippen LogP contribution is -2.07. The van der Waals surface area contributed by atoms with Gasteiger partial charge in [-0.05, 0) is 37.0 Å². The Hall–Kier alpha value is -1.55. The van der Waals surface area contributed by atoms with Crippen LogP contribution < -0.4 is 0 Å². The number of hydrogen-bond acceptors (Lipinski definition) is 4. The molecule has 28 heavy (non-hydrogen) atoms. The quantitative estimate of drug-likeness (QED) is 0.237. The largest absolute Gasteiger partial charge is 0.466 e. The maximum absolute atomic E-state index is 11.7. The van der Waals surface area contributed by atoms with Crippen molar-refractivity contribution in [2.75, 3.05) is 13.2 Å². The van der Waals surface area contributed by atoms with Crippen LogP contribution in [0.15, 0.2) is 24.3 Å². The molecule has 0 atom stereocenters. The molecule has 0 aliphatic rings. The number of rotatable bonds is 16. The standard InChI is InChI=1S/C23H35ClO4/c1-2-3-10-17-27-22(25)14-8-6-4-5-7-9-15-23(26)28-18-16-20-12-11-13-21(24)19-20/h11-13,19H,2-10,14-18H2,1H3. The van der Waals surface area contributed by atoms with Gasteiger partial charge in [-0.1, -0.05) is 69.2 Å². The van der Waals surface area contributed by atoms with E-state index in [1.54, 1.807) is 0 Å². The summed E-state index contributed by atoms with van der Waals surface area (Å²) in [7, 11) is 0. The number of carbonyl (C=O) groups is 2. The lowest BCUT2D eigenvalue weighted by atomic mass is 10.1. The van der Waals surface area contributed by atoms with E-state index < -0.39 is 0 Å². The fraction of sp³-hybridized carbons (Fsp3) is 0.652. The van der Waals surface area contributed by atoms with Crippen molar-refractivity contribution in [3.8, 4) is 0 Å². The summed E-state index contributed by atoms with van der Waals surface area (Å²) >= 11 is 5.93. The number of ether oxygens (including phenoxy) is 2. The van der Waals surface area contributed by atoms with E-state index in [2.05, 4.69) is 6.92 Å². The molecule has 158 valence electrons. The molecule has 0 aliphatic carbocycles. The summed E-state index contributed by atoms with van der Waals surface area (Å²) in [6.45, 7) is 3.09. The highest BCUT2D eigenvalue weighted by atomic mass is 35.5. The van der Waals surface area contributed by atoms with Gasteiger partial charge in [0.1, 0.15) is 0 Å². The molecule has 1 aromatic carbocycles. The van der Waals surface area contributed by atoms with Crippen LogP contribution in [-0.2, 0) is 25.5 Å². The minimum Gasteiger partial charge on any atom is -0.466 e. The second-order valence-electron chi connectivity index (χ2n) is 7.15. The van der Waals surface area contributed by atoms with Crippen LogP contribution in [-0.4, -0.2) is 25.2 Å². The maximum Gasteiger partial charge on any atom is 0.305 e. The van der Waals surface area contributed by atoms with Crippen molar-refractivity contribution in [3.63, 3.8) is 0 Å². The molecule has 0 unspecified atom stereocenters. The van der Waals surface area contributed by atoms with E-state index >= 15 is 0 Å². The van der Waals surface area contributed by atoms with E-state index in [1.807, 2.05) is 24.3 Å². The van der Waals surface area contributed by atoms with E-state index in [-0.39, 0.29) is 11.9 Å². The van der Waals surface area contributed by atoms with Crippen LogP contribution in [0.2, 0.25) is 5.02 Å². The van der Waals surface area contributed by atoms with Gasteiger partial charge in [0.25, 0.3) is 0 Å². The summed E-state index contributed by atoms with van der Waals surface area (Å²) in [6, 6.07) is 7.60. The first-order valence-corrected chi connectivity index (χ1v) is 11.0. The third kappa shape index (κ3) is 13.6. The molecule has 0 saturated heterocycles. The predicted molar refractivity (Wildman–Crippen MR) is 114 cm³/mol.